The van der Waals surface area contributed by atoms with Crippen LogP contribution in [0.15, 0.2) is 42.7 Å². The van der Waals surface area contributed by atoms with Crippen LogP contribution in [-0.4, -0.2) is 29.6 Å². The number of likely N-dealkylation sites (N-methyl/N-ethyl adjacent to an activating group) is 1. The number of hydrogen-bond donors (Lipinski definition) is 1. The molecule has 0 spiro atoms. The minimum atomic E-state index is 0.741. The van der Waals surface area contributed by atoms with Crippen LogP contribution >= 0.6 is 0 Å². The molecular weight excluding hydrogens is 260 g/mol. The van der Waals surface area contributed by atoms with E-state index in [1.807, 2.05) is 24.5 Å². The Morgan fingerprint density at radius 3 is 2.76 bits per heavy atom. The van der Waals surface area contributed by atoms with Gasteiger partial charge in [-0.05, 0) is 36.6 Å². The zero-order chi connectivity index (χ0) is 14.5. The Kier molecular flexibility index (Phi) is 4.46. The van der Waals surface area contributed by atoms with E-state index < -0.39 is 0 Å². The van der Waals surface area contributed by atoms with Gasteiger partial charge in [-0.15, -0.1) is 0 Å². The molecule has 4 nitrogen and oxygen atoms in total. The maximum atomic E-state index is 4.55. The molecule has 1 fully saturated rings. The van der Waals surface area contributed by atoms with Gasteiger partial charge in [0.05, 0.1) is 0 Å². The van der Waals surface area contributed by atoms with Crippen LogP contribution in [0.25, 0.3) is 0 Å². The molecule has 0 amide bonds. The first-order chi connectivity index (χ1) is 10.3. The number of hydrogen-bond acceptors (Lipinski definition) is 4. The van der Waals surface area contributed by atoms with Crippen molar-refractivity contribution in [2.75, 3.05) is 18.5 Å². The summed E-state index contributed by atoms with van der Waals surface area (Å²) in [7, 11) is 2.08. The first-order valence-corrected chi connectivity index (χ1v) is 7.60. The van der Waals surface area contributed by atoms with Gasteiger partial charge in [-0.3, -0.25) is 4.98 Å². The Bertz CT molecular complexity index is 549. The zero-order valence-corrected chi connectivity index (χ0v) is 12.5. The predicted molar refractivity (Wildman–Crippen MR) is 85.3 cm³/mol. The third kappa shape index (κ3) is 4.26. The van der Waals surface area contributed by atoms with E-state index in [-0.39, 0.29) is 0 Å². The van der Waals surface area contributed by atoms with Gasteiger partial charge < -0.3 is 10.2 Å². The molecule has 1 aliphatic rings. The molecule has 0 unspecified atom stereocenters. The van der Waals surface area contributed by atoms with E-state index in [2.05, 4.69) is 45.4 Å². The third-order valence-electron chi connectivity index (χ3n) is 3.80. The second kappa shape index (κ2) is 6.68. The van der Waals surface area contributed by atoms with Crippen molar-refractivity contribution in [3.8, 4) is 0 Å². The van der Waals surface area contributed by atoms with E-state index in [0.29, 0.717) is 0 Å². The molecule has 0 atom stereocenters. The molecule has 4 heteroatoms. The molecule has 1 aliphatic carbocycles. The van der Waals surface area contributed by atoms with Crippen molar-refractivity contribution >= 4 is 5.82 Å². The maximum Gasteiger partial charge on any atom is 0.128 e. The lowest BCUT2D eigenvalue weighted by atomic mass is 10.2. The van der Waals surface area contributed by atoms with Crippen molar-refractivity contribution in [2.24, 2.45) is 0 Å². The topological polar surface area (TPSA) is 41.1 Å². The first kappa shape index (κ1) is 14.0. The highest BCUT2D eigenvalue weighted by Gasteiger charge is 2.19. The van der Waals surface area contributed by atoms with Crippen LogP contribution in [-0.2, 0) is 13.0 Å². The average molecular weight is 282 g/mol. The van der Waals surface area contributed by atoms with Gasteiger partial charge in [0.15, 0.2) is 0 Å². The minimum Gasteiger partial charge on any atom is -0.359 e. The molecular formula is C17H22N4. The van der Waals surface area contributed by atoms with Gasteiger partial charge in [-0.25, -0.2) is 4.98 Å². The second-order valence-electron chi connectivity index (χ2n) is 5.67. The summed E-state index contributed by atoms with van der Waals surface area (Å²) in [6, 6.07) is 11.0. The summed E-state index contributed by atoms with van der Waals surface area (Å²) >= 11 is 0. The van der Waals surface area contributed by atoms with E-state index in [4.69, 9.17) is 0 Å². The van der Waals surface area contributed by atoms with Crippen LogP contribution in [0.2, 0.25) is 0 Å². The lowest BCUT2D eigenvalue weighted by molar-refractivity contribution is 0.685. The Morgan fingerprint density at radius 2 is 2.10 bits per heavy atom. The number of nitrogens with one attached hydrogen (secondary N) is 1. The smallest absolute Gasteiger partial charge is 0.128 e. The standard InChI is InChI=1S/C17H22N4/c1-21(11-9-15-4-2-3-10-18-15)17-8-5-14(13-20-17)12-19-16-6-7-16/h2-5,8,10,13,16,19H,6-7,9,11-12H2,1H3. The highest BCUT2D eigenvalue weighted by Crippen LogP contribution is 2.19. The molecule has 2 aromatic rings. The Hall–Kier alpha value is -1.94. The van der Waals surface area contributed by atoms with Crippen molar-refractivity contribution in [3.63, 3.8) is 0 Å². The van der Waals surface area contributed by atoms with E-state index in [9.17, 15) is 0 Å². The van der Waals surface area contributed by atoms with Gasteiger partial charge >= 0.3 is 0 Å². The second-order valence-corrected chi connectivity index (χ2v) is 5.67. The largest absolute Gasteiger partial charge is 0.359 e. The summed E-state index contributed by atoms with van der Waals surface area (Å²) in [5, 5.41) is 3.51. The molecule has 0 bridgehead atoms. The number of pyridine rings is 2. The molecule has 110 valence electrons. The van der Waals surface area contributed by atoms with Crippen LogP contribution in [0, 0.1) is 0 Å². The highest BCUT2D eigenvalue weighted by atomic mass is 15.2. The minimum absolute atomic E-state index is 0.741. The number of aromatic nitrogens is 2. The van der Waals surface area contributed by atoms with Gasteiger partial charge in [0.25, 0.3) is 0 Å². The first-order valence-electron chi connectivity index (χ1n) is 7.60. The summed E-state index contributed by atoms with van der Waals surface area (Å²) in [5.41, 5.74) is 2.37. The fourth-order valence-corrected chi connectivity index (χ4v) is 2.24. The zero-order valence-electron chi connectivity index (χ0n) is 12.5. The quantitative estimate of drug-likeness (QED) is 0.846. The van der Waals surface area contributed by atoms with Crippen LogP contribution in [0.3, 0.4) is 0 Å². The average Bonchev–Trinajstić information content (AvgIpc) is 3.36. The van der Waals surface area contributed by atoms with Crippen molar-refractivity contribution in [2.45, 2.75) is 31.8 Å². The summed E-state index contributed by atoms with van der Waals surface area (Å²) in [6.07, 6.45) is 7.39. The van der Waals surface area contributed by atoms with Crippen molar-refractivity contribution in [3.05, 3.63) is 54.0 Å². The fourth-order valence-electron chi connectivity index (χ4n) is 2.24. The summed E-state index contributed by atoms with van der Waals surface area (Å²) in [4.78, 5) is 11.1. The highest BCUT2D eigenvalue weighted by molar-refractivity contribution is 5.38. The lowest BCUT2D eigenvalue weighted by Gasteiger charge is -2.18. The summed E-state index contributed by atoms with van der Waals surface area (Å²) in [6.45, 7) is 1.85. The van der Waals surface area contributed by atoms with Gasteiger partial charge in [0.2, 0.25) is 0 Å². The molecule has 0 aromatic carbocycles. The van der Waals surface area contributed by atoms with Crippen molar-refractivity contribution < 1.29 is 0 Å². The van der Waals surface area contributed by atoms with Crippen molar-refractivity contribution in [1.82, 2.24) is 15.3 Å². The van der Waals surface area contributed by atoms with Crippen LogP contribution in [0.4, 0.5) is 5.82 Å². The molecule has 2 aromatic heterocycles. The van der Waals surface area contributed by atoms with Gasteiger partial charge in [0.1, 0.15) is 5.82 Å². The Balaban J connectivity index is 1.50. The predicted octanol–water partition coefficient (Wildman–Crippen LogP) is 2.41. The van der Waals surface area contributed by atoms with E-state index >= 15 is 0 Å². The molecule has 1 saturated carbocycles. The lowest BCUT2D eigenvalue weighted by Crippen LogP contribution is -2.22. The number of anilines is 1. The molecule has 3 rings (SSSR count). The summed E-state index contributed by atoms with van der Waals surface area (Å²) in [5.74, 6) is 1.01. The molecule has 0 aliphatic heterocycles. The Labute approximate surface area is 126 Å². The SMILES string of the molecule is CN(CCc1ccccn1)c1ccc(CNC2CC2)cn1. The van der Waals surface area contributed by atoms with E-state index in [1.54, 1.807) is 0 Å². The van der Waals surface area contributed by atoms with Crippen LogP contribution < -0.4 is 10.2 Å². The van der Waals surface area contributed by atoms with E-state index in [1.165, 1.54) is 18.4 Å². The third-order valence-corrected chi connectivity index (χ3v) is 3.80. The summed E-state index contributed by atoms with van der Waals surface area (Å²) < 4.78 is 0. The molecule has 0 saturated heterocycles. The molecule has 1 N–H and O–H groups in total. The van der Waals surface area contributed by atoms with Gasteiger partial charge in [-0.1, -0.05) is 12.1 Å². The molecule has 2 heterocycles. The fraction of sp³-hybridized carbons (Fsp3) is 0.412. The number of rotatable bonds is 7. The van der Waals surface area contributed by atoms with Crippen LogP contribution in [0.5, 0.6) is 0 Å². The number of nitrogens with zero attached hydrogens (tertiary/aromatic N) is 3. The van der Waals surface area contributed by atoms with E-state index in [0.717, 1.165) is 37.1 Å². The maximum absolute atomic E-state index is 4.55. The normalized spacial score (nSPS) is 14.1. The molecule has 0 radical (unpaired) electrons. The van der Waals surface area contributed by atoms with Gasteiger partial charge in [-0.2, -0.15) is 0 Å². The Morgan fingerprint density at radius 1 is 1.19 bits per heavy atom. The van der Waals surface area contributed by atoms with Crippen molar-refractivity contribution in [1.29, 1.82) is 0 Å². The van der Waals surface area contributed by atoms with Gasteiger partial charge in [0, 0.05) is 50.7 Å². The molecule has 21 heavy (non-hydrogen) atoms. The van der Waals surface area contributed by atoms with Crippen LogP contribution in [0.1, 0.15) is 24.1 Å². The monoisotopic (exact) mass is 282 g/mol.